The van der Waals surface area contributed by atoms with Crippen LogP contribution in [0, 0.1) is 18.6 Å². The third-order valence-electron chi connectivity index (χ3n) is 5.65. The van der Waals surface area contributed by atoms with E-state index in [4.69, 9.17) is 14.2 Å². The summed E-state index contributed by atoms with van der Waals surface area (Å²) < 4.78 is 117. The monoisotopic (exact) mass is 601 g/mol. The lowest BCUT2D eigenvalue weighted by molar-refractivity contribution is -0.137. The van der Waals surface area contributed by atoms with Crippen LogP contribution in [-0.4, -0.2) is 32.0 Å². The molecule has 0 spiro atoms. The Balaban J connectivity index is 1.71. The molecule has 1 aromatic heterocycles. The van der Waals surface area contributed by atoms with Crippen LogP contribution in [0.2, 0.25) is 0 Å². The standard InChI is InChI=1S/C25H20F5N3O5S2/c1-14-8-16(25(28,29)30)5-7-20(14)38-22-10-19(27)23(11-18(22)26)40(34,35)33(24-31-13-32-39-24)12-15-4-6-17(36-2)9-21(15)37-3/h4-11,13H,12H2,1-3H3. The van der Waals surface area contributed by atoms with Gasteiger partial charge < -0.3 is 14.2 Å². The van der Waals surface area contributed by atoms with Crippen molar-refractivity contribution >= 4 is 26.7 Å². The van der Waals surface area contributed by atoms with Crippen LogP contribution in [0.15, 0.2) is 59.8 Å². The molecule has 8 nitrogen and oxygen atoms in total. The molecule has 4 rings (SSSR count). The highest BCUT2D eigenvalue weighted by Crippen LogP contribution is 2.37. The first-order valence-electron chi connectivity index (χ1n) is 11.2. The lowest BCUT2D eigenvalue weighted by Gasteiger charge is -2.23. The molecular weight excluding hydrogens is 581 g/mol. The van der Waals surface area contributed by atoms with Crippen molar-refractivity contribution in [3.05, 3.63) is 83.2 Å². The van der Waals surface area contributed by atoms with Crippen molar-refractivity contribution in [2.45, 2.75) is 24.5 Å². The smallest absolute Gasteiger partial charge is 0.416 e. The van der Waals surface area contributed by atoms with E-state index in [0.29, 0.717) is 35.0 Å². The molecule has 0 atom stereocenters. The van der Waals surface area contributed by atoms with Crippen LogP contribution in [0.4, 0.5) is 27.1 Å². The normalized spacial score (nSPS) is 11.8. The Morgan fingerprint density at radius 3 is 2.27 bits per heavy atom. The highest BCUT2D eigenvalue weighted by molar-refractivity contribution is 7.93. The molecule has 212 valence electrons. The summed E-state index contributed by atoms with van der Waals surface area (Å²) in [7, 11) is -1.97. The Morgan fingerprint density at radius 1 is 0.925 bits per heavy atom. The Labute approximate surface area is 229 Å². The van der Waals surface area contributed by atoms with Gasteiger partial charge in [-0.1, -0.05) is 0 Å². The fourth-order valence-electron chi connectivity index (χ4n) is 3.63. The number of halogens is 5. The molecule has 0 bridgehead atoms. The summed E-state index contributed by atoms with van der Waals surface area (Å²) in [5, 5.41) is -0.126. The second-order valence-corrected chi connectivity index (χ2v) is 10.8. The molecule has 40 heavy (non-hydrogen) atoms. The molecule has 0 saturated heterocycles. The molecule has 0 amide bonds. The summed E-state index contributed by atoms with van der Waals surface area (Å²) >= 11 is 0.711. The predicted octanol–water partition coefficient (Wildman–Crippen LogP) is 6.35. The second kappa shape index (κ2) is 11.3. The van der Waals surface area contributed by atoms with Gasteiger partial charge in [-0.3, -0.25) is 0 Å². The van der Waals surface area contributed by atoms with Crippen molar-refractivity contribution < 1.29 is 44.6 Å². The number of sulfonamides is 1. The van der Waals surface area contributed by atoms with Gasteiger partial charge in [0.25, 0.3) is 10.0 Å². The summed E-state index contributed by atoms with van der Waals surface area (Å²) in [5.74, 6) is -2.82. The van der Waals surface area contributed by atoms with Crippen molar-refractivity contribution in [1.82, 2.24) is 9.36 Å². The average Bonchev–Trinajstić information content (AvgIpc) is 3.43. The van der Waals surface area contributed by atoms with Gasteiger partial charge in [0.15, 0.2) is 11.6 Å². The average molecular weight is 602 g/mol. The van der Waals surface area contributed by atoms with Crippen molar-refractivity contribution in [3.8, 4) is 23.0 Å². The molecule has 1 heterocycles. The number of methoxy groups -OCH3 is 2. The van der Waals surface area contributed by atoms with Gasteiger partial charge in [0.2, 0.25) is 5.13 Å². The minimum absolute atomic E-state index is 0.00205. The number of aryl methyl sites for hydroxylation is 1. The van der Waals surface area contributed by atoms with E-state index < -0.39 is 44.0 Å². The molecule has 0 aliphatic heterocycles. The molecule has 3 aromatic carbocycles. The number of hydrogen-bond donors (Lipinski definition) is 0. The Hall–Kier alpha value is -3.98. The van der Waals surface area contributed by atoms with Gasteiger partial charge in [-0.25, -0.2) is 26.5 Å². The number of aromatic nitrogens is 2. The van der Waals surface area contributed by atoms with Gasteiger partial charge in [-0.2, -0.15) is 17.5 Å². The molecule has 0 saturated carbocycles. The van der Waals surface area contributed by atoms with E-state index in [1.807, 2.05) is 0 Å². The Morgan fingerprint density at radius 2 is 1.68 bits per heavy atom. The van der Waals surface area contributed by atoms with E-state index in [0.717, 1.165) is 28.8 Å². The summed E-state index contributed by atoms with van der Waals surface area (Å²) in [6, 6.07) is 8.04. The summed E-state index contributed by atoms with van der Waals surface area (Å²) in [6.45, 7) is 0.916. The number of hydrogen-bond acceptors (Lipinski definition) is 8. The molecule has 0 aliphatic rings. The lowest BCUT2D eigenvalue weighted by Crippen LogP contribution is -2.31. The molecular formula is C25H20F5N3O5S2. The molecule has 15 heteroatoms. The van der Waals surface area contributed by atoms with Crippen LogP contribution in [-0.2, 0) is 22.7 Å². The first kappa shape index (κ1) is 29.0. The lowest BCUT2D eigenvalue weighted by atomic mass is 10.1. The molecule has 4 aromatic rings. The fraction of sp³-hybridized carbons (Fsp3) is 0.200. The minimum Gasteiger partial charge on any atom is -0.497 e. The zero-order valence-corrected chi connectivity index (χ0v) is 22.6. The van der Waals surface area contributed by atoms with Gasteiger partial charge in [0.05, 0.1) is 26.3 Å². The number of rotatable bonds is 9. The van der Waals surface area contributed by atoms with Gasteiger partial charge >= 0.3 is 6.18 Å². The summed E-state index contributed by atoms with van der Waals surface area (Å²) in [6.07, 6.45) is -3.50. The van der Waals surface area contributed by atoms with Crippen molar-refractivity contribution in [1.29, 1.82) is 0 Å². The summed E-state index contributed by atoms with van der Waals surface area (Å²) in [4.78, 5) is 2.90. The highest BCUT2D eigenvalue weighted by Gasteiger charge is 2.33. The van der Waals surface area contributed by atoms with E-state index in [1.165, 1.54) is 27.2 Å². The highest BCUT2D eigenvalue weighted by atomic mass is 32.2. The molecule has 0 N–H and O–H groups in total. The van der Waals surface area contributed by atoms with Crippen LogP contribution >= 0.6 is 11.5 Å². The van der Waals surface area contributed by atoms with Crippen LogP contribution in [0.25, 0.3) is 0 Å². The molecule has 0 unspecified atom stereocenters. The van der Waals surface area contributed by atoms with E-state index in [1.54, 1.807) is 12.1 Å². The number of benzene rings is 3. The van der Waals surface area contributed by atoms with E-state index >= 15 is 8.78 Å². The topological polar surface area (TPSA) is 90.9 Å². The molecule has 0 aliphatic carbocycles. The van der Waals surface area contributed by atoms with Crippen LogP contribution < -0.4 is 18.5 Å². The van der Waals surface area contributed by atoms with Gasteiger partial charge in [0.1, 0.15) is 34.3 Å². The third kappa shape index (κ3) is 5.94. The number of alkyl halides is 3. The zero-order valence-electron chi connectivity index (χ0n) is 21.0. The maximum absolute atomic E-state index is 15.3. The SMILES string of the molecule is COc1ccc(CN(c2ncns2)S(=O)(=O)c2cc(F)c(Oc3ccc(C(F)(F)F)cc3C)cc2F)c(OC)c1. The van der Waals surface area contributed by atoms with Gasteiger partial charge in [-0.05, 0) is 42.8 Å². The predicted molar refractivity (Wildman–Crippen MR) is 135 cm³/mol. The molecule has 0 fully saturated rings. The first-order valence-corrected chi connectivity index (χ1v) is 13.4. The van der Waals surface area contributed by atoms with Crippen molar-refractivity contribution in [3.63, 3.8) is 0 Å². The second-order valence-electron chi connectivity index (χ2n) is 8.21. The maximum Gasteiger partial charge on any atom is 0.416 e. The fourth-order valence-corrected chi connectivity index (χ4v) is 5.82. The minimum atomic E-state index is -4.78. The summed E-state index contributed by atoms with van der Waals surface area (Å²) in [5.41, 5.74) is -0.585. The van der Waals surface area contributed by atoms with E-state index in [2.05, 4.69) is 9.36 Å². The quantitative estimate of drug-likeness (QED) is 0.207. The van der Waals surface area contributed by atoms with Crippen molar-refractivity contribution in [2.75, 3.05) is 18.5 Å². The van der Waals surface area contributed by atoms with Crippen LogP contribution in [0.1, 0.15) is 16.7 Å². The number of nitrogens with zero attached hydrogens (tertiary/aromatic N) is 3. The first-order chi connectivity index (χ1) is 18.8. The zero-order chi connectivity index (χ0) is 29.2. The largest absolute Gasteiger partial charge is 0.497 e. The van der Waals surface area contributed by atoms with Crippen LogP contribution in [0.3, 0.4) is 0 Å². The maximum atomic E-state index is 15.3. The van der Waals surface area contributed by atoms with Crippen LogP contribution in [0.5, 0.6) is 23.0 Å². The Bertz CT molecular complexity index is 1630. The van der Waals surface area contributed by atoms with Gasteiger partial charge in [-0.15, -0.1) is 0 Å². The van der Waals surface area contributed by atoms with E-state index in [9.17, 15) is 21.6 Å². The third-order valence-corrected chi connectivity index (χ3v) is 8.20. The molecule has 0 radical (unpaired) electrons. The van der Waals surface area contributed by atoms with Crippen molar-refractivity contribution in [2.24, 2.45) is 0 Å². The van der Waals surface area contributed by atoms with E-state index in [-0.39, 0.29) is 28.7 Å². The number of anilines is 1. The number of ether oxygens (including phenoxy) is 3. The van der Waals surface area contributed by atoms with Gasteiger partial charge in [0, 0.05) is 35.3 Å². The Kier molecular flexibility index (Phi) is 8.16.